The Morgan fingerprint density at radius 3 is 1.96 bits per heavy atom. The van der Waals surface area contributed by atoms with E-state index in [2.05, 4.69) is 6.92 Å². The van der Waals surface area contributed by atoms with Crippen molar-refractivity contribution in [3.8, 4) is 0 Å². The van der Waals surface area contributed by atoms with Gasteiger partial charge in [-0.05, 0) is 17.5 Å². The van der Waals surface area contributed by atoms with E-state index in [-0.39, 0.29) is 24.1 Å². The summed E-state index contributed by atoms with van der Waals surface area (Å²) in [6.07, 6.45) is -0.412. The number of rotatable bonds is 7. The van der Waals surface area contributed by atoms with Crippen LogP contribution in [0.25, 0.3) is 0 Å². The van der Waals surface area contributed by atoms with E-state index in [1.165, 1.54) is 0 Å². The van der Waals surface area contributed by atoms with Gasteiger partial charge in [-0.3, -0.25) is 0 Å². The van der Waals surface area contributed by atoms with E-state index in [0.717, 1.165) is 17.5 Å². The molecular formula is C22H26O4. The Labute approximate surface area is 155 Å². The van der Waals surface area contributed by atoms with Crippen molar-refractivity contribution in [2.24, 2.45) is 5.92 Å². The Hall–Kier alpha value is -2.17. The summed E-state index contributed by atoms with van der Waals surface area (Å²) >= 11 is 0. The lowest BCUT2D eigenvalue weighted by Gasteiger charge is -2.39. The third kappa shape index (κ3) is 4.51. The first-order valence-corrected chi connectivity index (χ1v) is 9.20. The maximum Gasteiger partial charge on any atom is 0.338 e. The van der Waals surface area contributed by atoms with Crippen molar-refractivity contribution in [2.75, 3.05) is 0 Å². The maximum absolute atomic E-state index is 12.5. The van der Waals surface area contributed by atoms with Crippen LogP contribution in [0.15, 0.2) is 60.7 Å². The van der Waals surface area contributed by atoms with Crippen LogP contribution < -0.4 is 0 Å². The summed E-state index contributed by atoms with van der Waals surface area (Å²) in [7, 11) is 0. The van der Waals surface area contributed by atoms with Crippen LogP contribution in [0.4, 0.5) is 0 Å². The molecule has 0 N–H and O–H groups in total. The quantitative estimate of drug-likeness (QED) is 0.702. The number of cyclic esters (lactones) is 1. The van der Waals surface area contributed by atoms with Gasteiger partial charge in [-0.15, -0.1) is 0 Å². The molecule has 0 unspecified atom stereocenters. The number of hydrogen-bond acceptors (Lipinski definition) is 4. The molecule has 4 atom stereocenters. The average Bonchev–Trinajstić information content (AvgIpc) is 2.69. The van der Waals surface area contributed by atoms with Gasteiger partial charge in [0.05, 0.1) is 13.2 Å². The van der Waals surface area contributed by atoms with Crippen molar-refractivity contribution in [2.45, 2.75) is 51.8 Å². The molecule has 138 valence electrons. The van der Waals surface area contributed by atoms with Crippen LogP contribution >= 0.6 is 0 Å². The van der Waals surface area contributed by atoms with E-state index in [1.807, 2.05) is 67.6 Å². The SMILES string of the molecule is CC[C@H]1OC(=O)[C@H](OCc2ccccc2)[C@@H](OCc2ccccc2)[C@H]1C. The van der Waals surface area contributed by atoms with Gasteiger partial charge in [0, 0.05) is 5.92 Å². The van der Waals surface area contributed by atoms with Gasteiger partial charge < -0.3 is 14.2 Å². The number of ether oxygens (including phenoxy) is 3. The normalized spacial score (nSPS) is 25.7. The lowest BCUT2D eigenvalue weighted by atomic mass is 9.89. The van der Waals surface area contributed by atoms with E-state index < -0.39 is 6.10 Å². The highest BCUT2D eigenvalue weighted by molar-refractivity contribution is 5.76. The van der Waals surface area contributed by atoms with Gasteiger partial charge in [-0.25, -0.2) is 4.79 Å². The predicted molar refractivity (Wildman–Crippen MR) is 99.4 cm³/mol. The van der Waals surface area contributed by atoms with Crippen molar-refractivity contribution in [1.82, 2.24) is 0 Å². The first-order chi connectivity index (χ1) is 12.7. The number of hydrogen-bond donors (Lipinski definition) is 0. The second kappa shape index (κ2) is 8.97. The zero-order valence-corrected chi connectivity index (χ0v) is 15.3. The fourth-order valence-corrected chi connectivity index (χ4v) is 3.33. The molecule has 0 bridgehead atoms. The summed E-state index contributed by atoms with van der Waals surface area (Å²) in [5.74, 6) is -0.258. The second-order valence-electron chi connectivity index (χ2n) is 6.72. The highest BCUT2D eigenvalue weighted by atomic mass is 16.6. The maximum atomic E-state index is 12.5. The van der Waals surface area contributed by atoms with Crippen molar-refractivity contribution in [1.29, 1.82) is 0 Å². The van der Waals surface area contributed by atoms with Crippen molar-refractivity contribution in [3.63, 3.8) is 0 Å². The molecule has 0 saturated carbocycles. The second-order valence-corrected chi connectivity index (χ2v) is 6.72. The molecule has 26 heavy (non-hydrogen) atoms. The Morgan fingerprint density at radius 1 is 0.885 bits per heavy atom. The summed E-state index contributed by atoms with van der Waals surface area (Å²) in [5.41, 5.74) is 2.10. The lowest BCUT2D eigenvalue weighted by Crippen LogP contribution is -2.53. The molecule has 0 radical (unpaired) electrons. The highest BCUT2D eigenvalue weighted by Gasteiger charge is 2.44. The van der Waals surface area contributed by atoms with Gasteiger partial charge in [-0.1, -0.05) is 74.5 Å². The van der Waals surface area contributed by atoms with Crippen LogP contribution in [0.3, 0.4) is 0 Å². The van der Waals surface area contributed by atoms with Gasteiger partial charge in [0.25, 0.3) is 0 Å². The molecule has 3 rings (SSSR count). The van der Waals surface area contributed by atoms with E-state index in [4.69, 9.17) is 14.2 Å². The Bertz CT molecular complexity index is 686. The molecule has 1 heterocycles. The number of carbonyl (C=O) groups is 1. The van der Waals surface area contributed by atoms with Gasteiger partial charge in [0.2, 0.25) is 0 Å². The fraction of sp³-hybridized carbons (Fsp3) is 0.409. The molecule has 0 aromatic heterocycles. The first kappa shape index (κ1) is 18.6. The molecule has 2 aromatic rings. The fourth-order valence-electron chi connectivity index (χ4n) is 3.33. The standard InChI is InChI=1S/C22H26O4/c1-3-19-16(2)20(24-14-17-10-6-4-7-11-17)21(22(23)26-19)25-15-18-12-8-5-9-13-18/h4-13,16,19-21H,3,14-15H2,1-2H3/t16-,19+,20-,21+/m0/s1. The molecule has 0 amide bonds. The van der Waals surface area contributed by atoms with Gasteiger partial charge in [-0.2, -0.15) is 0 Å². The van der Waals surface area contributed by atoms with Crippen molar-refractivity contribution in [3.05, 3.63) is 71.8 Å². The number of benzene rings is 2. The lowest BCUT2D eigenvalue weighted by molar-refractivity contribution is -0.207. The van der Waals surface area contributed by atoms with Crippen LogP contribution in [0.5, 0.6) is 0 Å². The zero-order chi connectivity index (χ0) is 18.4. The molecule has 1 saturated heterocycles. The highest BCUT2D eigenvalue weighted by Crippen LogP contribution is 2.30. The minimum absolute atomic E-state index is 0.0715. The first-order valence-electron chi connectivity index (χ1n) is 9.20. The summed E-state index contributed by atoms with van der Waals surface area (Å²) in [6, 6.07) is 19.8. The molecule has 1 fully saturated rings. The molecule has 4 nitrogen and oxygen atoms in total. The largest absolute Gasteiger partial charge is 0.460 e. The van der Waals surface area contributed by atoms with Crippen LogP contribution in [-0.4, -0.2) is 24.3 Å². The summed E-state index contributed by atoms with van der Waals surface area (Å²) in [5, 5.41) is 0. The molecule has 0 spiro atoms. The van der Waals surface area contributed by atoms with Gasteiger partial charge >= 0.3 is 5.97 Å². The molecule has 4 heteroatoms. The van der Waals surface area contributed by atoms with Crippen LogP contribution in [0.1, 0.15) is 31.4 Å². The molecule has 1 aliphatic heterocycles. The van der Waals surface area contributed by atoms with Gasteiger partial charge in [0.1, 0.15) is 12.2 Å². The minimum Gasteiger partial charge on any atom is -0.460 e. The zero-order valence-electron chi connectivity index (χ0n) is 15.3. The molecule has 2 aromatic carbocycles. The number of esters is 1. The topological polar surface area (TPSA) is 44.8 Å². The van der Waals surface area contributed by atoms with E-state index >= 15 is 0 Å². The van der Waals surface area contributed by atoms with E-state index in [0.29, 0.717) is 13.2 Å². The Morgan fingerprint density at radius 2 is 1.42 bits per heavy atom. The van der Waals surface area contributed by atoms with E-state index in [9.17, 15) is 4.79 Å². The average molecular weight is 354 g/mol. The monoisotopic (exact) mass is 354 g/mol. The van der Waals surface area contributed by atoms with Crippen LogP contribution in [-0.2, 0) is 32.2 Å². The van der Waals surface area contributed by atoms with Crippen LogP contribution in [0.2, 0.25) is 0 Å². The molecule has 1 aliphatic rings. The third-order valence-electron chi connectivity index (χ3n) is 4.86. The van der Waals surface area contributed by atoms with Crippen molar-refractivity contribution < 1.29 is 19.0 Å². The Balaban J connectivity index is 1.71. The summed E-state index contributed by atoms with van der Waals surface area (Å²) < 4.78 is 17.7. The predicted octanol–water partition coefficient (Wildman–Crippen LogP) is 4.13. The molecular weight excluding hydrogens is 328 g/mol. The van der Waals surface area contributed by atoms with Gasteiger partial charge in [0.15, 0.2) is 6.10 Å². The Kier molecular flexibility index (Phi) is 6.42. The minimum atomic E-state index is -0.711. The van der Waals surface area contributed by atoms with E-state index in [1.54, 1.807) is 0 Å². The molecule has 0 aliphatic carbocycles. The third-order valence-corrected chi connectivity index (χ3v) is 4.86. The summed E-state index contributed by atoms with van der Waals surface area (Å²) in [4.78, 5) is 12.5. The van der Waals surface area contributed by atoms with Crippen molar-refractivity contribution >= 4 is 5.97 Å². The number of carbonyl (C=O) groups excluding carboxylic acids is 1. The summed E-state index contributed by atoms with van der Waals surface area (Å²) in [6.45, 7) is 4.89. The smallest absolute Gasteiger partial charge is 0.338 e. The van der Waals surface area contributed by atoms with Crippen LogP contribution in [0, 0.1) is 5.92 Å².